The summed E-state index contributed by atoms with van der Waals surface area (Å²) in [6.07, 6.45) is 1.17. The van der Waals surface area contributed by atoms with E-state index in [0.29, 0.717) is 11.5 Å². The van der Waals surface area contributed by atoms with E-state index in [-0.39, 0.29) is 16.8 Å². The van der Waals surface area contributed by atoms with E-state index in [2.05, 4.69) is 10.6 Å². The molecule has 0 aliphatic heterocycles. The number of carbonyl (C=O) groups is 1. The van der Waals surface area contributed by atoms with Crippen molar-refractivity contribution in [3.8, 4) is 0 Å². The van der Waals surface area contributed by atoms with Gasteiger partial charge in [0.25, 0.3) is 0 Å². The summed E-state index contributed by atoms with van der Waals surface area (Å²) >= 11 is 11.5. The zero-order chi connectivity index (χ0) is 16.3. The number of allylic oxidation sites excluding steroid dienone is 2. The van der Waals surface area contributed by atoms with Crippen LogP contribution in [0.15, 0.2) is 41.5 Å². The molecule has 1 aromatic carbocycles. The van der Waals surface area contributed by atoms with Gasteiger partial charge in [-0.2, -0.15) is 13.2 Å². The predicted molar refractivity (Wildman–Crippen MR) is 80.1 cm³/mol. The fourth-order valence-corrected chi connectivity index (χ4v) is 2.21. The molecule has 0 radical (unpaired) electrons. The minimum atomic E-state index is -4.48. The van der Waals surface area contributed by atoms with E-state index in [0.717, 1.165) is 18.2 Å². The van der Waals surface area contributed by atoms with Crippen molar-refractivity contribution < 1.29 is 18.0 Å². The van der Waals surface area contributed by atoms with Crippen LogP contribution in [0.1, 0.15) is 12.0 Å². The molecule has 0 saturated heterocycles. The third kappa shape index (κ3) is 4.42. The van der Waals surface area contributed by atoms with Gasteiger partial charge >= 0.3 is 12.2 Å². The standard InChI is InChI=1S/C14H11Cl2F3N2O/c15-9-2-4-10(5-3-9)20-13(22)21-12-6-1-8(7-11(12)16)14(17,18)19/h1-4,6-7,10H,5H2,(H2,20,21,22). The monoisotopic (exact) mass is 350 g/mol. The van der Waals surface area contributed by atoms with Crippen molar-refractivity contribution in [1.29, 1.82) is 0 Å². The number of alkyl halides is 3. The maximum absolute atomic E-state index is 12.5. The number of amides is 2. The molecule has 2 rings (SSSR count). The highest BCUT2D eigenvalue weighted by atomic mass is 35.5. The number of rotatable bonds is 2. The Morgan fingerprint density at radius 2 is 2.00 bits per heavy atom. The molecule has 118 valence electrons. The van der Waals surface area contributed by atoms with E-state index in [9.17, 15) is 18.0 Å². The van der Waals surface area contributed by atoms with Crippen molar-refractivity contribution >= 4 is 34.9 Å². The molecule has 3 nitrogen and oxygen atoms in total. The maximum atomic E-state index is 12.5. The van der Waals surface area contributed by atoms with Crippen LogP contribution >= 0.6 is 23.2 Å². The fraction of sp³-hybridized carbons (Fsp3) is 0.214. The molecule has 1 aliphatic rings. The Bertz CT molecular complexity index is 641. The first kappa shape index (κ1) is 16.7. The number of benzene rings is 1. The lowest BCUT2D eigenvalue weighted by atomic mass is 10.1. The predicted octanol–water partition coefficient (Wildman–Crippen LogP) is 4.93. The van der Waals surface area contributed by atoms with Crippen LogP contribution in [0.5, 0.6) is 0 Å². The van der Waals surface area contributed by atoms with Gasteiger partial charge in [-0.25, -0.2) is 4.79 Å². The SMILES string of the molecule is O=C(Nc1ccc(C(F)(F)F)cc1Cl)NC1C=CC(Cl)=CC1. The molecular formula is C14H11Cl2F3N2O. The number of carbonyl (C=O) groups excluding carboxylic acids is 1. The first-order valence-electron chi connectivity index (χ1n) is 6.24. The molecule has 1 aliphatic carbocycles. The van der Waals surface area contributed by atoms with Gasteiger partial charge in [-0.3, -0.25) is 0 Å². The molecule has 0 aromatic heterocycles. The maximum Gasteiger partial charge on any atom is 0.416 e. The zero-order valence-electron chi connectivity index (χ0n) is 11.0. The molecule has 2 amide bonds. The fourth-order valence-electron chi connectivity index (χ4n) is 1.82. The van der Waals surface area contributed by atoms with Gasteiger partial charge < -0.3 is 10.6 Å². The van der Waals surface area contributed by atoms with E-state index in [1.165, 1.54) is 0 Å². The first-order valence-corrected chi connectivity index (χ1v) is 6.99. The van der Waals surface area contributed by atoms with Gasteiger partial charge in [0.1, 0.15) is 0 Å². The molecule has 1 aromatic rings. The summed E-state index contributed by atoms with van der Waals surface area (Å²) in [7, 11) is 0. The third-order valence-electron chi connectivity index (χ3n) is 2.92. The average Bonchev–Trinajstić information content (AvgIpc) is 2.42. The molecule has 0 heterocycles. The van der Waals surface area contributed by atoms with E-state index in [1.807, 2.05) is 0 Å². The van der Waals surface area contributed by atoms with E-state index >= 15 is 0 Å². The van der Waals surface area contributed by atoms with Crippen LogP contribution in [0.25, 0.3) is 0 Å². The summed E-state index contributed by atoms with van der Waals surface area (Å²) in [6, 6.07) is 1.92. The minimum absolute atomic E-state index is 0.0977. The van der Waals surface area contributed by atoms with Crippen LogP contribution in [0.2, 0.25) is 5.02 Å². The lowest BCUT2D eigenvalue weighted by Crippen LogP contribution is -2.37. The molecule has 1 unspecified atom stereocenters. The van der Waals surface area contributed by atoms with Crippen molar-refractivity contribution in [3.05, 3.63) is 52.0 Å². The summed E-state index contributed by atoms with van der Waals surface area (Å²) in [4.78, 5) is 11.8. The lowest BCUT2D eigenvalue weighted by Gasteiger charge is -2.17. The van der Waals surface area contributed by atoms with Gasteiger partial charge in [-0.05, 0) is 30.7 Å². The summed E-state index contributed by atoms with van der Waals surface area (Å²) in [5, 5.41) is 5.45. The topological polar surface area (TPSA) is 41.1 Å². The van der Waals surface area contributed by atoms with Crippen LogP contribution in [0.3, 0.4) is 0 Å². The van der Waals surface area contributed by atoms with Gasteiger partial charge in [0.15, 0.2) is 0 Å². The second kappa shape index (κ2) is 6.62. The Labute approximate surface area is 134 Å². The highest BCUT2D eigenvalue weighted by Gasteiger charge is 2.31. The second-order valence-electron chi connectivity index (χ2n) is 4.58. The summed E-state index contributed by atoms with van der Waals surface area (Å²) < 4.78 is 37.6. The number of anilines is 1. The smallest absolute Gasteiger partial charge is 0.331 e. The van der Waals surface area contributed by atoms with Crippen LogP contribution in [-0.4, -0.2) is 12.1 Å². The normalized spacial score (nSPS) is 17.9. The molecule has 22 heavy (non-hydrogen) atoms. The number of urea groups is 1. The average molecular weight is 351 g/mol. The van der Waals surface area contributed by atoms with Crippen molar-refractivity contribution in [2.24, 2.45) is 0 Å². The van der Waals surface area contributed by atoms with Crippen molar-refractivity contribution in [3.63, 3.8) is 0 Å². The molecule has 8 heteroatoms. The third-order valence-corrected chi connectivity index (χ3v) is 3.51. The Hall–Kier alpha value is -1.66. The lowest BCUT2D eigenvalue weighted by molar-refractivity contribution is -0.137. The Morgan fingerprint density at radius 1 is 1.27 bits per heavy atom. The van der Waals surface area contributed by atoms with Gasteiger partial charge in [0.2, 0.25) is 0 Å². The minimum Gasteiger partial charge on any atom is -0.331 e. The van der Waals surface area contributed by atoms with Crippen LogP contribution < -0.4 is 10.6 Å². The van der Waals surface area contributed by atoms with Crippen molar-refractivity contribution in [2.45, 2.75) is 18.6 Å². The summed E-state index contributed by atoms with van der Waals surface area (Å²) in [6.45, 7) is 0. The van der Waals surface area contributed by atoms with Gasteiger partial charge in [-0.15, -0.1) is 0 Å². The molecule has 1 atom stereocenters. The number of hydrogen-bond acceptors (Lipinski definition) is 1. The second-order valence-corrected chi connectivity index (χ2v) is 5.42. The van der Waals surface area contributed by atoms with E-state index < -0.39 is 17.8 Å². The highest BCUT2D eigenvalue weighted by Crippen LogP contribution is 2.33. The highest BCUT2D eigenvalue weighted by molar-refractivity contribution is 6.33. The number of hydrogen-bond donors (Lipinski definition) is 2. The first-order chi connectivity index (χ1) is 10.3. The summed E-state index contributed by atoms with van der Waals surface area (Å²) in [5.74, 6) is 0. The van der Waals surface area contributed by atoms with E-state index in [4.69, 9.17) is 23.2 Å². The molecule has 0 saturated carbocycles. The van der Waals surface area contributed by atoms with E-state index in [1.54, 1.807) is 18.2 Å². The van der Waals surface area contributed by atoms with Crippen LogP contribution in [0, 0.1) is 0 Å². The van der Waals surface area contributed by atoms with Crippen LogP contribution in [-0.2, 0) is 6.18 Å². The molecule has 0 bridgehead atoms. The largest absolute Gasteiger partial charge is 0.416 e. The van der Waals surface area contributed by atoms with Gasteiger partial charge in [0, 0.05) is 5.03 Å². The Morgan fingerprint density at radius 3 is 2.55 bits per heavy atom. The summed E-state index contributed by atoms with van der Waals surface area (Å²) in [5.41, 5.74) is -0.779. The molecule has 2 N–H and O–H groups in total. The Kier molecular flexibility index (Phi) is 5.03. The van der Waals surface area contributed by atoms with Crippen LogP contribution in [0.4, 0.5) is 23.7 Å². The Balaban J connectivity index is 1.99. The number of nitrogens with one attached hydrogen (secondary N) is 2. The van der Waals surface area contributed by atoms with Gasteiger partial charge in [-0.1, -0.05) is 35.4 Å². The van der Waals surface area contributed by atoms with Gasteiger partial charge in [0.05, 0.1) is 22.3 Å². The molecule has 0 spiro atoms. The zero-order valence-corrected chi connectivity index (χ0v) is 12.6. The number of halogens is 5. The van der Waals surface area contributed by atoms with Crippen molar-refractivity contribution in [1.82, 2.24) is 5.32 Å². The molecular weight excluding hydrogens is 340 g/mol. The molecule has 0 fully saturated rings. The quantitative estimate of drug-likeness (QED) is 0.779. The van der Waals surface area contributed by atoms with Crippen molar-refractivity contribution in [2.75, 3.05) is 5.32 Å².